The second-order valence-electron chi connectivity index (χ2n) is 8.38. The normalized spacial score (nSPS) is 21.0. The number of anilines is 1. The fourth-order valence-electron chi connectivity index (χ4n) is 4.64. The van der Waals surface area contributed by atoms with Crippen LogP contribution in [0.5, 0.6) is 0 Å². The third-order valence-corrected chi connectivity index (χ3v) is 6.32. The van der Waals surface area contributed by atoms with Crippen LogP contribution in [-0.2, 0) is 11.3 Å². The van der Waals surface area contributed by atoms with E-state index in [9.17, 15) is 9.59 Å². The Morgan fingerprint density at radius 1 is 1.12 bits per heavy atom. The monoisotopic (exact) mass is 439 g/mol. The van der Waals surface area contributed by atoms with Gasteiger partial charge in [-0.15, -0.1) is 0 Å². The van der Waals surface area contributed by atoms with Crippen LogP contribution >= 0.6 is 0 Å². The smallest absolute Gasteiger partial charge is 0.262 e. The molecule has 0 fully saturated rings. The van der Waals surface area contributed by atoms with E-state index in [1.165, 1.54) is 0 Å². The summed E-state index contributed by atoms with van der Waals surface area (Å²) in [5.41, 5.74) is 4.99. The molecule has 33 heavy (non-hydrogen) atoms. The Morgan fingerprint density at radius 3 is 2.79 bits per heavy atom. The number of nitrogens with one attached hydrogen (secondary N) is 1. The summed E-state index contributed by atoms with van der Waals surface area (Å²) in [6.07, 6.45) is 5.40. The number of hydrogen-bond acceptors (Lipinski definition) is 4. The largest absolute Gasteiger partial charge is 0.365 e. The molecule has 2 aromatic carbocycles. The van der Waals surface area contributed by atoms with Crippen molar-refractivity contribution >= 4 is 17.5 Å². The van der Waals surface area contributed by atoms with Gasteiger partial charge in [0.1, 0.15) is 12.3 Å². The molecule has 0 spiro atoms. The van der Waals surface area contributed by atoms with Gasteiger partial charge in [-0.05, 0) is 42.3 Å². The Bertz CT molecular complexity index is 1250. The van der Waals surface area contributed by atoms with Crippen molar-refractivity contribution in [2.45, 2.75) is 32.2 Å². The number of methoxy groups -OCH3 is 1. The zero-order valence-corrected chi connectivity index (χ0v) is 18.7. The molecule has 6 heteroatoms. The molecule has 2 atom stereocenters. The van der Waals surface area contributed by atoms with E-state index in [0.29, 0.717) is 30.8 Å². The molecule has 2 aliphatic heterocycles. The van der Waals surface area contributed by atoms with Crippen LogP contribution in [0.4, 0.5) is 5.69 Å². The number of hydrogen-bond donors (Lipinski definition) is 1. The number of allylic oxidation sites excluding steroid dienone is 2. The Morgan fingerprint density at radius 2 is 1.97 bits per heavy atom. The van der Waals surface area contributed by atoms with E-state index >= 15 is 0 Å². The lowest BCUT2D eigenvalue weighted by molar-refractivity contribution is 0.0713. The van der Waals surface area contributed by atoms with Crippen LogP contribution in [0.15, 0.2) is 66.4 Å². The molecule has 0 bridgehead atoms. The molecule has 166 valence electrons. The standard InChI is InChI=1S/C27H25N3O3/c1-18-7-5-8-19-17-29(27(32)25(18)19)16-15-24-28-23-12-4-3-11-22(23)26(31)30(24)20-9-6-10-21(33-2)14-13-20/h3-5,7-9,11-14,21,24,28H,15-17H2,1-2H3. The van der Waals surface area contributed by atoms with Crippen LogP contribution in [0.25, 0.3) is 0 Å². The third kappa shape index (κ3) is 3.81. The Hall–Kier alpha value is -3.82. The van der Waals surface area contributed by atoms with Gasteiger partial charge < -0.3 is 15.0 Å². The maximum absolute atomic E-state index is 13.5. The van der Waals surface area contributed by atoms with Gasteiger partial charge in [0.15, 0.2) is 0 Å². The van der Waals surface area contributed by atoms with Crippen LogP contribution in [0.2, 0.25) is 0 Å². The van der Waals surface area contributed by atoms with Gasteiger partial charge in [-0.1, -0.05) is 42.2 Å². The number of fused-ring (bicyclic) bond motifs is 2. The van der Waals surface area contributed by atoms with Gasteiger partial charge in [0.05, 0.1) is 11.3 Å². The van der Waals surface area contributed by atoms with Crippen LogP contribution in [-0.4, -0.2) is 47.5 Å². The second kappa shape index (κ2) is 8.61. The number of amides is 2. The van der Waals surface area contributed by atoms with Gasteiger partial charge in [-0.2, -0.15) is 0 Å². The summed E-state index contributed by atoms with van der Waals surface area (Å²) >= 11 is 0. The lowest BCUT2D eigenvalue weighted by Gasteiger charge is -2.39. The zero-order valence-electron chi connectivity index (χ0n) is 18.7. The summed E-state index contributed by atoms with van der Waals surface area (Å²) in [7, 11) is 1.61. The van der Waals surface area contributed by atoms with Gasteiger partial charge >= 0.3 is 0 Å². The molecule has 0 radical (unpaired) electrons. The first-order valence-corrected chi connectivity index (χ1v) is 11.1. The SMILES string of the molecule is COC1C#CC=C(N2C(=O)c3ccccc3NC2CCN2Cc3cccc(C)c3C2=O)C=C1. The quantitative estimate of drug-likeness (QED) is 0.722. The molecule has 0 saturated carbocycles. The Kier molecular flexibility index (Phi) is 5.49. The number of aryl methyl sites for hydroxylation is 1. The molecule has 1 N–H and O–H groups in total. The van der Waals surface area contributed by atoms with Gasteiger partial charge in [0, 0.05) is 43.9 Å². The second-order valence-corrected chi connectivity index (χ2v) is 8.38. The van der Waals surface area contributed by atoms with E-state index in [2.05, 4.69) is 17.2 Å². The highest BCUT2D eigenvalue weighted by Crippen LogP contribution is 2.31. The molecule has 5 rings (SSSR count). The van der Waals surface area contributed by atoms with E-state index in [4.69, 9.17) is 4.74 Å². The van der Waals surface area contributed by atoms with E-state index in [-0.39, 0.29) is 24.1 Å². The van der Waals surface area contributed by atoms with Crippen molar-refractivity contribution < 1.29 is 14.3 Å². The lowest BCUT2D eigenvalue weighted by atomic mass is 10.0. The number of rotatable bonds is 5. The maximum Gasteiger partial charge on any atom is 0.262 e. The number of para-hydroxylation sites is 1. The average molecular weight is 440 g/mol. The first-order valence-electron chi connectivity index (χ1n) is 11.1. The molecule has 0 saturated heterocycles. The first kappa shape index (κ1) is 21.0. The van der Waals surface area contributed by atoms with E-state index in [0.717, 1.165) is 22.4 Å². The molecule has 2 heterocycles. The van der Waals surface area contributed by atoms with Crippen molar-refractivity contribution in [2.75, 3.05) is 19.0 Å². The minimum absolute atomic E-state index is 0.0552. The lowest BCUT2D eigenvalue weighted by Crippen LogP contribution is -2.49. The molecule has 3 aliphatic rings. The molecular weight excluding hydrogens is 414 g/mol. The minimum Gasteiger partial charge on any atom is -0.365 e. The fourth-order valence-corrected chi connectivity index (χ4v) is 4.64. The molecule has 2 amide bonds. The van der Waals surface area contributed by atoms with Crippen molar-refractivity contribution in [3.8, 4) is 11.8 Å². The van der Waals surface area contributed by atoms with Gasteiger partial charge in [-0.25, -0.2) is 0 Å². The average Bonchev–Trinajstić information content (AvgIpc) is 2.99. The van der Waals surface area contributed by atoms with Gasteiger partial charge in [-0.3, -0.25) is 14.5 Å². The number of carbonyl (C=O) groups excluding carboxylic acids is 2. The van der Waals surface area contributed by atoms with E-state index in [1.54, 1.807) is 18.1 Å². The summed E-state index contributed by atoms with van der Waals surface area (Å²) in [6, 6.07) is 13.5. The summed E-state index contributed by atoms with van der Waals surface area (Å²) in [4.78, 5) is 30.1. The maximum atomic E-state index is 13.5. The molecule has 2 aromatic rings. The highest BCUT2D eigenvalue weighted by molar-refractivity contribution is 6.03. The van der Waals surface area contributed by atoms with Crippen molar-refractivity contribution in [1.82, 2.24) is 9.80 Å². The summed E-state index contributed by atoms with van der Waals surface area (Å²) in [5.74, 6) is 5.96. The molecule has 1 aliphatic carbocycles. The van der Waals surface area contributed by atoms with Crippen LogP contribution in [0.1, 0.15) is 38.3 Å². The summed E-state index contributed by atoms with van der Waals surface area (Å²) < 4.78 is 5.33. The number of ether oxygens (including phenoxy) is 1. The number of nitrogens with zero attached hydrogens (tertiary/aromatic N) is 2. The summed E-state index contributed by atoms with van der Waals surface area (Å²) in [6.45, 7) is 3.09. The molecule has 2 unspecified atom stereocenters. The predicted molar refractivity (Wildman–Crippen MR) is 126 cm³/mol. The predicted octanol–water partition coefficient (Wildman–Crippen LogP) is 3.71. The Labute approximate surface area is 193 Å². The molecule has 0 aromatic heterocycles. The topological polar surface area (TPSA) is 61.9 Å². The van der Waals surface area contributed by atoms with Crippen molar-refractivity contribution in [3.63, 3.8) is 0 Å². The van der Waals surface area contributed by atoms with Crippen molar-refractivity contribution in [1.29, 1.82) is 0 Å². The highest BCUT2D eigenvalue weighted by atomic mass is 16.5. The number of carbonyl (C=O) groups is 2. The Balaban J connectivity index is 1.41. The highest BCUT2D eigenvalue weighted by Gasteiger charge is 2.35. The van der Waals surface area contributed by atoms with Crippen LogP contribution in [0.3, 0.4) is 0 Å². The van der Waals surface area contributed by atoms with Crippen molar-refractivity contribution in [2.24, 2.45) is 0 Å². The zero-order chi connectivity index (χ0) is 22.9. The van der Waals surface area contributed by atoms with Crippen LogP contribution < -0.4 is 5.32 Å². The van der Waals surface area contributed by atoms with E-state index < -0.39 is 0 Å². The molecular formula is C27H25N3O3. The number of benzene rings is 2. The van der Waals surface area contributed by atoms with Gasteiger partial charge in [0.25, 0.3) is 11.8 Å². The minimum atomic E-state index is -0.318. The molecule has 6 nitrogen and oxygen atoms in total. The van der Waals surface area contributed by atoms with E-state index in [1.807, 2.05) is 66.4 Å². The van der Waals surface area contributed by atoms with Crippen LogP contribution in [0, 0.1) is 18.8 Å². The van der Waals surface area contributed by atoms with Crippen molar-refractivity contribution in [3.05, 3.63) is 88.6 Å². The summed E-state index contributed by atoms with van der Waals surface area (Å²) in [5, 5.41) is 3.50. The first-order chi connectivity index (χ1) is 16.1. The van der Waals surface area contributed by atoms with Gasteiger partial charge in [0.2, 0.25) is 0 Å². The fraction of sp³-hybridized carbons (Fsp3) is 0.259. The third-order valence-electron chi connectivity index (χ3n) is 6.32.